The number of aliphatic imine (C=N–C) groups is 2. The first kappa shape index (κ1) is 15.5. The van der Waals surface area contributed by atoms with Crippen molar-refractivity contribution in [3.8, 4) is 0 Å². The van der Waals surface area contributed by atoms with Gasteiger partial charge in [-0.15, -0.1) is 0 Å². The van der Waals surface area contributed by atoms with Gasteiger partial charge in [0.15, 0.2) is 11.9 Å². The first-order valence-electron chi connectivity index (χ1n) is 6.25. The molecule has 0 aliphatic heterocycles. The van der Waals surface area contributed by atoms with Crippen LogP contribution in [0.1, 0.15) is 20.8 Å². The van der Waals surface area contributed by atoms with Crippen LogP contribution in [0.4, 0.5) is 0 Å². The Kier molecular flexibility index (Phi) is 10.1. The molecule has 6 heteroatoms. The highest BCUT2D eigenvalue weighted by Gasteiger charge is 1.95. The molecule has 0 aromatic carbocycles. The van der Waals surface area contributed by atoms with Crippen LogP contribution in [0.25, 0.3) is 0 Å². The number of hydrogen-bond acceptors (Lipinski definition) is 2. The van der Waals surface area contributed by atoms with Gasteiger partial charge in [0.25, 0.3) is 0 Å². The summed E-state index contributed by atoms with van der Waals surface area (Å²) in [4.78, 5) is 8.50. The van der Waals surface area contributed by atoms with Crippen LogP contribution in [0.3, 0.4) is 0 Å². The zero-order chi connectivity index (χ0) is 12.9. The Morgan fingerprint density at radius 3 is 1.82 bits per heavy atom. The van der Waals surface area contributed by atoms with Crippen LogP contribution < -0.4 is 21.3 Å². The van der Waals surface area contributed by atoms with Gasteiger partial charge in [0.2, 0.25) is 0 Å². The summed E-state index contributed by atoms with van der Waals surface area (Å²) in [5, 5.41) is 12.7. The number of guanidine groups is 2. The molecule has 17 heavy (non-hydrogen) atoms. The smallest absolute Gasteiger partial charge is 0.191 e. The van der Waals surface area contributed by atoms with Gasteiger partial charge in [-0.1, -0.05) is 0 Å². The van der Waals surface area contributed by atoms with Crippen molar-refractivity contribution in [2.24, 2.45) is 9.98 Å². The second-order valence-electron chi connectivity index (χ2n) is 3.32. The van der Waals surface area contributed by atoms with Crippen molar-refractivity contribution in [3.63, 3.8) is 0 Å². The van der Waals surface area contributed by atoms with E-state index in [2.05, 4.69) is 45.1 Å². The summed E-state index contributed by atoms with van der Waals surface area (Å²) in [6.45, 7) is 10.2. The Labute approximate surface area is 104 Å². The zero-order valence-electron chi connectivity index (χ0n) is 11.4. The summed E-state index contributed by atoms with van der Waals surface area (Å²) >= 11 is 0. The third kappa shape index (κ3) is 8.36. The normalized spacial score (nSPS) is 10.7. The van der Waals surface area contributed by atoms with Gasteiger partial charge in [0.05, 0.1) is 6.54 Å². The Morgan fingerprint density at radius 1 is 0.824 bits per heavy atom. The van der Waals surface area contributed by atoms with Crippen molar-refractivity contribution in [2.45, 2.75) is 20.8 Å². The molecule has 0 spiro atoms. The third-order valence-electron chi connectivity index (χ3n) is 1.93. The minimum Gasteiger partial charge on any atom is -0.357 e. The molecule has 0 aromatic heterocycles. The van der Waals surface area contributed by atoms with Crippen molar-refractivity contribution in [3.05, 3.63) is 0 Å². The van der Waals surface area contributed by atoms with Crippen molar-refractivity contribution in [1.82, 2.24) is 21.3 Å². The lowest BCUT2D eigenvalue weighted by atomic mass is 10.6. The Hall–Kier alpha value is -1.46. The van der Waals surface area contributed by atoms with E-state index in [1.54, 1.807) is 7.05 Å². The maximum absolute atomic E-state index is 4.42. The average molecular weight is 242 g/mol. The van der Waals surface area contributed by atoms with Gasteiger partial charge in [-0.05, 0) is 20.8 Å². The van der Waals surface area contributed by atoms with Crippen LogP contribution in [-0.4, -0.2) is 51.7 Å². The molecule has 4 N–H and O–H groups in total. The molecule has 0 atom stereocenters. The van der Waals surface area contributed by atoms with E-state index in [4.69, 9.17) is 0 Å². The molecule has 6 nitrogen and oxygen atoms in total. The topological polar surface area (TPSA) is 72.8 Å². The number of nitrogens with one attached hydrogen (secondary N) is 4. The minimum absolute atomic E-state index is 0.708. The predicted molar refractivity (Wildman–Crippen MR) is 74.7 cm³/mol. The van der Waals surface area contributed by atoms with Crippen LogP contribution in [0.5, 0.6) is 0 Å². The van der Waals surface area contributed by atoms with Crippen molar-refractivity contribution < 1.29 is 0 Å². The molecule has 0 heterocycles. The average Bonchev–Trinajstić information content (AvgIpc) is 2.33. The Balaban J connectivity index is 3.88. The first-order chi connectivity index (χ1) is 8.28. The Bertz CT molecular complexity index is 228. The van der Waals surface area contributed by atoms with E-state index in [0.29, 0.717) is 6.54 Å². The summed E-state index contributed by atoms with van der Waals surface area (Å²) in [5.41, 5.74) is 0. The van der Waals surface area contributed by atoms with Gasteiger partial charge in [-0.3, -0.25) is 9.98 Å². The summed E-state index contributed by atoms with van der Waals surface area (Å²) in [6, 6.07) is 0. The molecule has 100 valence electrons. The maximum Gasteiger partial charge on any atom is 0.191 e. The van der Waals surface area contributed by atoms with Gasteiger partial charge in [0, 0.05) is 33.2 Å². The first-order valence-corrected chi connectivity index (χ1v) is 6.25. The SMILES string of the molecule is CCNC(=NC)NCCN=C(NCC)NCC. The second kappa shape index (κ2) is 11.0. The summed E-state index contributed by atoms with van der Waals surface area (Å²) in [5.74, 6) is 1.67. The molecule has 0 aliphatic carbocycles. The second-order valence-corrected chi connectivity index (χ2v) is 3.32. The summed E-state index contributed by atoms with van der Waals surface area (Å²) in [6.07, 6.45) is 0. The van der Waals surface area contributed by atoms with Crippen LogP contribution >= 0.6 is 0 Å². The molecule has 0 aliphatic rings. The van der Waals surface area contributed by atoms with E-state index in [1.165, 1.54) is 0 Å². The van der Waals surface area contributed by atoms with Crippen molar-refractivity contribution in [1.29, 1.82) is 0 Å². The molecule has 0 saturated carbocycles. The lowest BCUT2D eigenvalue weighted by molar-refractivity contribution is 0.794. The van der Waals surface area contributed by atoms with E-state index in [1.807, 2.05) is 6.92 Å². The molecule has 0 aromatic rings. The van der Waals surface area contributed by atoms with Gasteiger partial charge in [-0.2, -0.15) is 0 Å². The van der Waals surface area contributed by atoms with E-state index in [9.17, 15) is 0 Å². The number of nitrogens with zero attached hydrogens (tertiary/aromatic N) is 2. The van der Waals surface area contributed by atoms with Gasteiger partial charge in [0.1, 0.15) is 0 Å². The van der Waals surface area contributed by atoms with Crippen molar-refractivity contribution >= 4 is 11.9 Å². The van der Waals surface area contributed by atoms with Crippen LogP contribution in [0.15, 0.2) is 9.98 Å². The van der Waals surface area contributed by atoms with E-state index < -0.39 is 0 Å². The third-order valence-corrected chi connectivity index (χ3v) is 1.93. The molecule has 0 unspecified atom stereocenters. The highest BCUT2D eigenvalue weighted by molar-refractivity contribution is 5.80. The quantitative estimate of drug-likeness (QED) is 0.294. The maximum atomic E-state index is 4.42. The summed E-state index contributed by atoms with van der Waals surface area (Å²) in [7, 11) is 1.76. The molecule has 0 amide bonds. The van der Waals surface area contributed by atoms with E-state index in [0.717, 1.165) is 38.1 Å². The fourth-order valence-corrected chi connectivity index (χ4v) is 1.24. The lowest BCUT2D eigenvalue weighted by Gasteiger charge is -2.11. The minimum atomic E-state index is 0.708. The van der Waals surface area contributed by atoms with E-state index in [-0.39, 0.29) is 0 Å². The zero-order valence-corrected chi connectivity index (χ0v) is 11.4. The van der Waals surface area contributed by atoms with E-state index >= 15 is 0 Å². The van der Waals surface area contributed by atoms with Crippen LogP contribution in [-0.2, 0) is 0 Å². The fraction of sp³-hybridized carbons (Fsp3) is 0.818. The van der Waals surface area contributed by atoms with Crippen molar-refractivity contribution in [2.75, 3.05) is 39.8 Å². The number of hydrogen-bond donors (Lipinski definition) is 4. The van der Waals surface area contributed by atoms with Gasteiger partial charge in [-0.25, -0.2) is 0 Å². The molecule has 0 bridgehead atoms. The molecular weight excluding hydrogens is 216 g/mol. The molecule has 0 fully saturated rings. The lowest BCUT2D eigenvalue weighted by Crippen LogP contribution is -2.40. The highest BCUT2D eigenvalue weighted by atomic mass is 15.2. The molecule has 0 radical (unpaired) electrons. The predicted octanol–water partition coefficient (Wildman–Crippen LogP) is -0.254. The van der Waals surface area contributed by atoms with Crippen LogP contribution in [0.2, 0.25) is 0 Å². The van der Waals surface area contributed by atoms with Gasteiger partial charge < -0.3 is 21.3 Å². The van der Waals surface area contributed by atoms with Crippen LogP contribution in [0, 0.1) is 0 Å². The largest absolute Gasteiger partial charge is 0.357 e. The monoisotopic (exact) mass is 242 g/mol. The molecule has 0 rings (SSSR count). The highest BCUT2D eigenvalue weighted by Crippen LogP contribution is 1.74. The van der Waals surface area contributed by atoms with Gasteiger partial charge >= 0.3 is 0 Å². The number of rotatable bonds is 6. The standard InChI is InChI=1S/C11H26N6/c1-5-13-10(12-4)16-8-9-17-11(14-6-2)15-7-3/h5-9H2,1-4H3,(H2,12,13,16)(H2,14,15,17). The Morgan fingerprint density at radius 2 is 1.35 bits per heavy atom. The molecule has 0 saturated heterocycles. The molecular formula is C11H26N6. The fourth-order valence-electron chi connectivity index (χ4n) is 1.24. The summed E-state index contributed by atoms with van der Waals surface area (Å²) < 4.78 is 0.